The van der Waals surface area contributed by atoms with Crippen LogP contribution in [0.5, 0.6) is 0 Å². The third-order valence-electron chi connectivity index (χ3n) is 14.8. The van der Waals surface area contributed by atoms with Crippen molar-refractivity contribution in [1.29, 1.82) is 0 Å². The van der Waals surface area contributed by atoms with Gasteiger partial charge in [-0.3, -0.25) is 4.55 Å². The fraction of sp³-hybridized carbons (Fsp3) is 1.00. The van der Waals surface area contributed by atoms with Crippen LogP contribution in [0.2, 0.25) is 0 Å². The first-order valence-corrected chi connectivity index (χ1v) is 21.2. The highest BCUT2D eigenvalue weighted by molar-refractivity contribution is 7.80. The molecule has 9 N–H and O–H groups in total. The summed E-state index contributed by atoms with van der Waals surface area (Å²) in [7, 11) is -5.08. The second-order valence-corrected chi connectivity index (χ2v) is 19.4. The summed E-state index contributed by atoms with van der Waals surface area (Å²) in [5.41, 5.74) is -2.00. The molecule has 4 saturated carbocycles. The van der Waals surface area contributed by atoms with Crippen LogP contribution in [-0.2, 0) is 33.5 Å². The summed E-state index contributed by atoms with van der Waals surface area (Å²) in [4.78, 5) is 0. The third kappa shape index (κ3) is 7.79. The number of aliphatic hydroxyl groups excluding tert-OH is 7. The van der Waals surface area contributed by atoms with E-state index >= 15 is 0 Å². The SMILES string of the molecule is CC(C)C(CCC(C)C1CC(O)C2C1(C)CCC1C3(C)CCC(O)CC3C(O)CC12O)OC1OC(CO)C(OS(=O)(=O)O)C1OC1OCC(O)C(O)C1O. The summed E-state index contributed by atoms with van der Waals surface area (Å²) < 4.78 is 61.6. The van der Waals surface area contributed by atoms with E-state index in [1.165, 1.54) is 0 Å². The molecule has 0 aromatic carbocycles. The summed E-state index contributed by atoms with van der Waals surface area (Å²) in [5.74, 6) is -0.625. The van der Waals surface area contributed by atoms with Crippen LogP contribution in [0.4, 0.5) is 0 Å². The zero-order valence-corrected chi connectivity index (χ0v) is 32.8. The highest BCUT2D eigenvalue weighted by Gasteiger charge is 2.70. The molecule has 314 valence electrons. The highest BCUT2D eigenvalue weighted by atomic mass is 32.3. The van der Waals surface area contributed by atoms with Gasteiger partial charge in [-0.1, -0.05) is 34.6 Å². The quantitative estimate of drug-likeness (QED) is 0.120. The summed E-state index contributed by atoms with van der Waals surface area (Å²) in [6.45, 7) is 9.17. The van der Waals surface area contributed by atoms with Gasteiger partial charge in [-0.25, -0.2) is 4.18 Å². The molecule has 4 aliphatic carbocycles. The van der Waals surface area contributed by atoms with Gasteiger partial charge >= 0.3 is 10.4 Å². The Morgan fingerprint density at radius 1 is 0.852 bits per heavy atom. The van der Waals surface area contributed by atoms with E-state index in [0.29, 0.717) is 32.1 Å². The molecule has 2 heterocycles. The molecular weight excluding hydrogens is 732 g/mol. The van der Waals surface area contributed by atoms with Crippen molar-refractivity contribution in [3.63, 3.8) is 0 Å². The first-order chi connectivity index (χ1) is 25.1. The molecule has 0 aromatic heterocycles. The predicted octanol–water partition coefficient (Wildman–Crippen LogP) is 0.250. The van der Waals surface area contributed by atoms with Crippen LogP contribution in [0.25, 0.3) is 0 Å². The molecule has 2 saturated heterocycles. The van der Waals surface area contributed by atoms with Gasteiger partial charge in [-0.2, -0.15) is 8.42 Å². The van der Waals surface area contributed by atoms with Crippen LogP contribution in [0, 0.1) is 46.3 Å². The Bertz CT molecular complexity index is 1400. The van der Waals surface area contributed by atoms with E-state index in [1.807, 2.05) is 13.8 Å². The van der Waals surface area contributed by atoms with Gasteiger partial charge < -0.3 is 59.8 Å². The molecule has 20 atom stereocenters. The van der Waals surface area contributed by atoms with Gasteiger partial charge in [-0.15, -0.1) is 0 Å². The van der Waals surface area contributed by atoms with Crippen molar-refractivity contribution in [2.75, 3.05) is 13.2 Å². The molecule has 2 aliphatic heterocycles. The van der Waals surface area contributed by atoms with E-state index in [2.05, 4.69) is 20.8 Å². The van der Waals surface area contributed by atoms with E-state index < -0.39 is 114 Å². The van der Waals surface area contributed by atoms with Gasteiger partial charge in [-0.05, 0) is 91.8 Å². The Morgan fingerprint density at radius 3 is 2.19 bits per heavy atom. The molecule has 6 rings (SSSR count). The van der Waals surface area contributed by atoms with E-state index in [1.54, 1.807) is 0 Å². The highest BCUT2D eigenvalue weighted by Crippen LogP contribution is 2.70. The van der Waals surface area contributed by atoms with E-state index in [9.17, 15) is 53.8 Å². The Kier molecular flexibility index (Phi) is 12.6. The Labute approximate surface area is 318 Å². The van der Waals surface area contributed by atoms with Crippen molar-refractivity contribution in [2.24, 2.45) is 46.3 Å². The summed E-state index contributed by atoms with van der Waals surface area (Å²) >= 11 is 0. The van der Waals surface area contributed by atoms with Gasteiger partial charge in [0.25, 0.3) is 0 Å². The number of hydrogen-bond donors (Lipinski definition) is 9. The smallest absolute Gasteiger partial charge is 0.394 e. The fourth-order valence-electron chi connectivity index (χ4n) is 12.2. The number of hydrogen-bond acceptors (Lipinski definition) is 15. The van der Waals surface area contributed by atoms with Crippen LogP contribution in [0.3, 0.4) is 0 Å². The summed E-state index contributed by atoms with van der Waals surface area (Å²) in [6.07, 6.45) is -9.41. The zero-order valence-electron chi connectivity index (χ0n) is 32.0. The molecule has 0 spiro atoms. The van der Waals surface area contributed by atoms with Crippen molar-refractivity contribution in [2.45, 2.75) is 172 Å². The minimum Gasteiger partial charge on any atom is -0.394 e. The van der Waals surface area contributed by atoms with Crippen molar-refractivity contribution in [3.8, 4) is 0 Å². The molecule has 20 unspecified atom stereocenters. The monoisotopic (exact) mass is 796 g/mol. The van der Waals surface area contributed by atoms with E-state index in [-0.39, 0.29) is 41.4 Å². The number of fused-ring (bicyclic) bond motifs is 5. The largest absolute Gasteiger partial charge is 0.397 e. The Balaban J connectivity index is 1.17. The van der Waals surface area contributed by atoms with Crippen molar-refractivity contribution >= 4 is 10.4 Å². The van der Waals surface area contributed by atoms with Gasteiger partial charge in [0.05, 0.1) is 43.2 Å². The average molecular weight is 797 g/mol. The van der Waals surface area contributed by atoms with Gasteiger partial charge in [0.2, 0.25) is 0 Å². The van der Waals surface area contributed by atoms with Gasteiger partial charge in [0, 0.05) is 12.3 Å². The van der Waals surface area contributed by atoms with Crippen LogP contribution < -0.4 is 0 Å². The number of ether oxygens (including phenoxy) is 4. The maximum atomic E-state index is 12.6. The third-order valence-corrected chi connectivity index (χ3v) is 15.3. The minimum absolute atomic E-state index is 0.0444. The Morgan fingerprint density at radius 2 is 1.54 bits per heavy atom. The molecule has 6 aliphatic rings. The first kappa shape index (κ1) is 43.0. The molecule has 6 fully saturated rings. The topological polar surface area (TPSA) is 262 Å². The summed E-state index contributed by atoms with van der Waals surface area (Å²) in [6, 6.07) is 0. The second kappa shape index (κ2) is 15.9. The van der Waals surface area contributed by atoms with E-state index in [0.717, 1.165) is 19.3 Å². The number of aliphatic hydroxyl groups is 8. The maximum Gasteiger partial charge on any atom is 0.397 e. The van der Waals surface area contributed by atoms with Crippen LogP contribution in [-0.4, -0.2) is 146 Å². The second-order valence-electron chi connectivity index (χ2n) is 18.3. The molecule has 0 radical (unpaired) electrons. The fourth-order valence-corrected chi connectivity index (χ4v) is 12.7. The molecule has 17 heteroatoms. The maximum absolute atomic E-state index is 12.6. The van der Waals surface area contributed by atoms with Crippen LogP contribution >= 0.6 is 0 Å². The molecule has 0 aromatic rings. The number of rotatable bonds is 12. The standard InChI is InChI=1S/C37H64O16S/c1-17(2)25(50-34-31(30(26(15-38)51-34)53-54(46,47)48)52-33-29(44)28(43)24(42)16-49-33)7-6-18(3)20-13-22(40)32-36(20,5)11-9-27-35(4)10-8-19(39)12-21(35)23(41)14-37(27,32)45/h17-34,38-45H,6-16H2,1-5H3,(H,46,47,48). The minimum atomic E-state index is -5.08. The van der Waals surface area contributed by atoms with Crippen LogP contribution in [0.15, 0.2) is 0 Å². The lowest BCUT2D eigenvalue weighted by atomic mass is 9.42. The molecule has 0 amide bonds. The zero-order chi connectivity index (χ0) is 39.7. The molecule has 54 heavy (non-hydrogen) atoms. The predicted molar refractivity (Wildman–Crippen MR) is 188 cm³/mol. The van der Waals surface area contributed by atoms with Crippen LogP contribution in [0.1, 0.15) is 92.4 Å². The van der Waals surface area contributed by atoms with Gasteiger partial charge in [0.15, 0.2) is 12.6 Å². The van der Waals surface area contributed by atoms with Gasteiger partial charge in [0.1, 0.15) is 36.6 Å². The average Bonchev–Trinajstić information content (AvgIpc) is 3.55. The van der Waals surface area contributed by atoms with Crippen molar-refractivity contribution in [3.05, 3.63) is 0 Å². The Hall–Kier alpha value is -0.610. The molecule has 0 bridgehead atoms. The van der Waals surface area contributed by atoms with Crippen molar-refractivity contribution in [1.82, 2.24) is 0 Å². The first-order valence-electron chi connectivity index (χ1n) is 19.8. The lowest BCUT2D eigenvalue weighted by molar-refractivity contribution is -0.307. The normalized spacial score (nSPS) is 50.7. The molecule has 16 nitrogen and oxygen atoms in total. The lowest BCUT2D eigenvalue weighted by Gasteiger charge is -2.66. The van der Waals surface area contributed by atoms with E-state index in [4.69, 9.17) is 23.1 Å². The molecular formula is C37H64O16S. The summed E-state index contributed by atoms with van der Waals surface area (Å²) in [5, 5.41) is 87.0. The van der Waals surface area contributed by atoms with Crippen molar-refractivity contribution < 1.29 is 77.0 Å². The lowest BCUT2D eigenvalue weighted by Crippen LogP contribution is -2.68.